The van der Waals surface area contributed by atoms with Crippen molar-refractivity contribution in [2.75, 3.05) is 13.2 Å². The average molecular weight is 1030 g/mol. The fourth-order valence-corrected chi connectivity index (χ4v) is 11.0. The van der Waals surface area contributed by atoms with E-state index in [2.05, 4.69) is 56.5 Å². The van der Waals surface area contributed by atoms with Crippen LogP contribution >= 0.6 is 22.9 Å². The summed E-state index contributed by atoms with van der Waals surface area (Å²) < 4.78 is 16.0. The second-order valence-electron chi connectivity index (χ2n) is 20.3. The molecule has 2 aromatic carbocycles. The number of halogens is 1. The topological polar surface area (TPSA) is 203 Å². The van der Waals surface area contributed by atoms with Gasteiger partial charge in [0.05, 0.1) is 30.5 Å². The van der Waals surface area contributed by atoms with Gasteiger partial charge in [0.2, 0.25) is 17.7 Å². The summed E-state index contributed by atoms with van der Waals surface area (Å²) in [5.41, 5.74) is 5.77. The first-order valence-electron chi connectivity index (χ1n) is 24.6. The summed E-state index contributed by atoms with van der Waals surface area (Å²) in [7, 11) is 0. The molecule has 0 radical (unpaired) electrons. The zero-order valence-electron chi connectivity index (χ0n) is 42.3. The molecular weight excluding hydrogens is 966 g/mol. The Hall–Kier alpha value is -6.89. The Labute approximate surface area is 434 Å². The number of thiophene rings is 1. The first-order valence-corrected chi connectivity index (χ1v) is 25.8. The largest absolute Gasteiger partial charge is 0.482 e. The average Bonchev–Trinajstić information content (AvgIpc) is 4.11. The maximum atomic E-state index is 14.3. The minimum atomic E-state index is -0.918. The van der Waals surface area contributed by atoms with Crippen LogP contribution in [0.5, 0.6) is 11.6 Å². The van der Waals surface area contributed by atoms with Crippen LogP contribution in [-0.2, 0) is 14.4 Å². The second-order valence-corrected chi connectivity index (χ2v) is 21.9. The molecule has 73 heavy (non-hydrogen) atoms. The molecule has 9 rings (SSSR count). The zero-order valence-corrected chi connectivity index (χ0v) is 43.9. The second kappa shape index (κ2) is 20.9. The number of aliphatic hydroxyl groups is 1. The van der Waals surface area contributed by atoms with Gasteiger partial charge in [-0.2, -0.15) is 0 Å². The Morgan fingerprint density at radius 1 is 0.932 bits per heavy atom. The van der Waals surface area contributed by atoms with Crippen molar-refractivity contribution in [1.82, 2.24) is 50.1 Å². The highest BCUT2D eigenvalue weighted by Crippen LogP contribution is 2.40. The van der Waals surface area contributed by atoms with Crippen molar-refractivity contribution in [3.05, 3.63) is 141 Å². The number of fused-ring (bicyclic) bond motifs is 3. The number of aliphatic imine (C=N–C) groups is 1. The van der Waals surface area contributed by atoms with Crippen LogP contribution in [-0.4, -0.2) is 106 Å². The lowest BCUT2D eigenvalue weighted by Crippen LogP contribution is -2.57. The first kappa shape index (κ1) is 51.0. The van der Waals surface area contributed by atoms with E-state index in [1.165, 1.54) is 11.1 Å². The molecule has 1 saturated carbocycles. The van der Waals surface area contributed by atoms with Crippen LogP contribution in [0.4, 0.5) is 0 Å². The van der Waals surface area contributed by atoms with E-state index in [0.29, 0.717) is 47.4 Å². The van der Waals surface area contributed by atoms with Crippen molar-refractivity contribution >= 4 is 46.4 Å². The lowest BCUT2D eigenvalue weighted by atomic mass is 9.85. The van der Waals surface area contributed by atoms with Gasteiger partial charge in [-0.05, 0) is 81.5 Å². The van der Waals surface area contributed by atoms with Gasteiger partial charge in [-0.25, -0.2) is 9.97 Å². The molecule has 5 atom stereocenters. The van der Waals surface area contributed by atoms with Gasteiger partial charge in [-0.3, -0.25) is 23.9 Å². The van der Waals surface area contributed by atoms with E-state index in [1.807, 2.05) is 105 Å². The molecule has 4 aromatic heterocycles. The predicted molar refractivity (Wildman–Crippen MR) is 280 cm³/mol. The van der Waals surface area contributed by atoms with Crippen molar-refractivity contribution < 1.29 is 29.0 Å². The van der Waals surface area contributed by atoms with E-state index in [9.17, 15) is 19.5 Å². The molecule has 1 unspecified atom stereocenters. The van der Waals surface area contributed by atoms with Crippen molar-refractivity contribution in [3.63, 3.8) is 0 Å². The minimum Gasteiger partial charge on any atom is -0.482 e. The normalized spacial score (nSPS) is 20.1. The number of nitrogens with one attached hydrogen (secondary N) is 3. The number of imidazole rings is 1. The van der Waals surface area contributed by atoms with Crippen LogP contribution in [0.15, 0.2) is 96.5 Å². The molecule has 3 aliphatic rings. The lowest BCUT2D eigenvalue weighted by molar-refractivity contribution is -0.140. The quantitative estimate of drug-likeness (QED) is 0.0746. The number of hydrogen-bond donors (Lipinski definition) is 4. The van der Waals surface area contributed by atoms with Gasteiger partial charge >= 0.3 is 0 Å². The molecule has 6 aromatic rings. The van der Waals surface area contributed by atoms with Crippen LogP contribution in [0.1, 0.15) is 110 Å². The van der Waals surface area contributed by atoms with E-state index >= 15 is 0 Å². The number of carbonyl (C=O) groups excluding carboxylic acids is 3. The Kier molecular flexibility index (Phi) is 14.6. The number of pyridine rings is 1. The number of ether oxygens (including phenoxy) is 2. The molecule has 4 N–H and O–H groups in total. The van der Waals surface area contributed by atoms with Gasteiger partial charge in [0.15, 0.2) is 12.4 Å². The van der Waals surface area contributed by atoms with Gasteiger partial charge < -0.3 is 40.0 Å². The number of aromatic nitrogens is 6. The SMILES string of the molecule is C=C(NC(C)c1ccc(-n2ccnc2C)cc1)[C@@H]1C[C@@H](O)CN1C(=O)[C@@H](NC(=O)COc1ccc(OC2CC(NC(=O)C[C@@H]3N=C(c4ccc(Cl)cc4)c4c(sc(C)c4C)-n4c(C)nnc43)C2)nc1)C(C)(C)C. The van der Waals surface area contributed by atoms with E-state index in [4.69, 9.17) is 26.1 Å². The fourth-order valence-electron chi connectivity index (χ4n) is 9.65. The van der Waals surface area contributed by atoms with E-state index in [-0.39, 0.29) is 49.6 Å². The number of amides is 3. The zero-order chi connectivity index (χ0) is 51.9. The van der Waals surface area contributed by atoms with E-state index < -0.39 is 35.6 Å². The number of rotatable bonds is 16. The maximum absolute atomic E-state index is 14.3. The van der Waals surface area contributed by atoms with Crippen LogP contribution in [0.25, 0.3) is 10.7 Å². The molecular formula is C54H62ClN11O6S. The number of carbonyl (C=O) groups is 3. The molecule has 3 amide bonds. The number of β-amino-alcohol motifs (C(OH)–C–C–N with tert-alkyl or cyclic N) is 1. The summed E-state index contributed by atoms with van der Waals surface area (Å²) in [4.78, 5) is 58.0. The van der Waals surface area contributed by atoms with Crippen LogP contribution in [0.3, 0.4) is 0 Å². The van der Waals surface area contributed by atoms with Crippen LogP contribution in [0.2, 0.25) is 5.02 Å². The van der Waals surface area contributed by atoms with Gasteiger partial charge in [0.25, 0.3) is 5.91 Å². The monoisotopic (exact) mass is 1030 g/mol. The molecule has 0 bridgehead atoms. The summed E-state index contributed by atoms with van der Waals surface area (Å²) in [5.74, 6) is 2.00. The van der Waals surface area contributed by atoms with Gasteiger partial charge in [-0.1, -0.05) is 63.2 Å². The third-order valence-electron chi connectivity index (χ3n) is 13.8. The van der Waals surface area contributed by atoms with Crippen molar-refractivity contribution in [1.29, 1.82) is 0 Å². The molecule has 17 nitrogen and oxygen atoms in total. The van der Waals surface area contributed by atoms with Crippen molar-refractivity contribution in [2.45, 2.75) is 123 Å². The Bertz CT molecular complexity index is 3040. The Morgan fingerprint density at radius 2 is 1.67 bits per heavy atom. The molecule has 19 heteroatoms. The molecule has 2 aliphatic heterocycles. The van der Waals surface area contributed by atoms with E-state index in [1.54, 1.807) is 34.6 Å². The number of hydrogen-bond acceptors (Lipinski definition) is 13. The van der Waals surface area contributed by atoms with Crippen molar-refractivity contribution in [2.24, 2.45) is 10.4 Å². The number of nitrogens with zero attached hydrogens (tertiary/aromatic N) is 8. The summed E-state index contributed by atoms with van der Waals surface area (Å²) in [6, 6.07) is 16.9. The number of aryl methyl sites for hydroxylation is 3. The number of aliphatic hydroxyl groups excluding tert-OH is 1. The molecule has 382 valence electrons. The smallest absolute Gasteiger partial charge is 0.258 e. The maximum Gasteiger partial charge on any atom is 0.258 e. The fraction of sp³-hybridized carbons (Fsp3) is 0.407. The Morgan fingerprint density at radius 3 is 2.34 bits per heavy atom. The van der Waals surface area contributed by atoms with E-state index in [0.717, 1.165) is 50.3 Å². The standard InChI is InChI=1S/C54H62ClN11O6S/c1-29-32(4)73-53-48(29)49(36-10-14-37(55)15-11-36)60-43(51-63-62-34(6)66(51)53)25-45(68)59-38-22-42(23-38)72-47-19-18-41(26-57-47)71-28-46(69)61-50(54(7,8)9)52(70)65-27-40(67)24-44(65)31(3)58-30(2)35-12-16-39(17-13-35)64-21-20-56-33(64)5/h10-21,26,30,38,40,42-44,50,58,67H,3,22-25,27-28H2,1-2,4-9H3,(H,59,68)(H,61,69)/t30?,38?,40-,42?,43+,44+,50-/m1/s1. The predicted octanol–water partition coefficient (Wildman–Crippen LogP) is 7.54. The number of benzene rings is 2. The highest BCUT2D eigenvalue weighted by atomic mass is 35.5. The summed E-state index contributed by atoms with van der Waals surface area (Å²) in [6.45, 7) is 19.8. The third kappa shape index (κ3) is 11.1. The Balaban J connectivity index is 0.750. The number of likely N-dealkylation sites (tertiary alicyclic amines) is 1. The highest BCUT2D eigenvalue weighted by Gasteiger charge is 2.43. The summed E-state index contributed by atoms with van der Waals surface area (Å²) >= 11 is 7.93. The molecule has 1 saturated heterocycles. The minimum absolute atomic E-state index is 0.0836. The third-order valence-corrected chi connectivity index (χ3v) is 15.3. The summed E-state index contributed by atoms with van der Waals surface area (Å²) in [6.07, 6.45) is 5.84. The molecule has 2 fully saturated rings. The summed E-state index contributed by atoms with van der Waals surface area (Å²) in [5, 5.41) is 30.9. The van der Waals surface area contributed by atoms with Crippen LogP contribution in [0, 0.1) is 33.1 Å². The van der Waals surface area contributed by atoms with Gasteiger partial charge in [0.1, 0.15) is 40.6 Å². The molecule has 0 spiro atoms. The van der Waals surface area contributed by atoms with Crippen molar-refractivity contribution in [3.8, 4) is 22.3 Å². The van der Waals surface area contributed by atoms with Crippen LogP contribution < -0.4 is 25.4 Å². The highest BCUT2D eigenvalue weighted by molar-refractivity contribution is 7.15. The lowest BCUT2D eigenvalue weighted by Gasteiger charge is -2.36. The van der Waals surface area contributed by atoms with Gasteiger partial charge in [0, 0.05) is 88.8 Å². The first-order chi connectivity index (χ1) is 34.8. The molecule has 6 heterocycles. The molecule has 1 aliphatic carbocycles. The van der Waals surface area contributed by atoms with Gasteiger partial charge in [-0.15, -0.1) is 21.5 Å².